The molecular formula is C18H24N4O. The Balaban J connectivity index is 1.85. The van der Waals surface area contributed by atoms with Crippen LogP contribution in [0.3, 0.4) is 0 Å². The molecule has 1 N–H and O–H groups in total. The predicted octanol–water partition coefficient (Wildman–Crippen LogP) is 1.93. The Morgan fingerprint density at radius 3 is 2.70 bits per heavy atom. The predicted molar refractivity (Wildman–Crippen MR) is 90.0 cm³/mol. The molecule has 1 aromatic heterocycles. The number of hydrogen-bond donors (Lipinski definition) is 1. The van der Waals surface area contributed by atoms with Gasteiger partial charge in [-0.25, -0.2) is 0 Å². The van der Waals surface area contributed by atoms with Gasteiger partial charge < -0.3 is 10.2 Å². The minimum absolute atomic E-state index is 0.144. The monoisotopic (exact) mass is 312 g/mol. The maximum absolute atomic E-state index is 13.3. The number of aromatic nitrogens is 2. The van der Waals surface area contributed by atoms with Gasteiger partial charge in [-0.05, 0) is 50.0 Å². The molecule has 1 saturated heterocycles. The summed E-state index contributed by atoms with van der Waals surface area (Å²) in [6, 6.07) is 10.1. The van der Waals surface area contributed by atoms with E-state index in [0.717, 1.165) is 25.9 Å². The van der Waals surface area contributed by atoms with Crippen LogP contribution in [0.15, 0.2) is 42.7 Å². The summed E-state index contributed by atoms with van der Waals surface area (Å²) in [6.07, 6.45) is 5.19. The van der Waals surface area contributed by atoms with Gasteiger partial charge in [0.2, 0.25) is 0 Å². The maximum atomic E-state index is 13.3. The van der Waals surface area contributed by atoms with E-state index < -0.39 is 5.54 Å². The number of rotatable bonds is 4. The van der Waals surface area contributed by atoms with Gasteiger partial charge in [0.1, 0.15) is 5.54 Å². The van der Waals surface area contributed by atoms with Crippen molar-refractivity contribution >= 4 is 5.91 Å². The molecule has 0 unspecified atom stereocenters. The zero-order valence-electron chi connectivity index (χ0n) is 13.8. The lowest BCUT2D eigenvalue weighted by Gasteiger charge is -2.39. The molecule has 2 heterocycles. The number of hydrogen-bond acceptors (Lipinski definition) is 3. The summed E-state index contributed by atoms with van der Waals surface area (Å²) in [7, 11) is 1.89. The van der Waals surface area contributed by atoms with E-state index in [1.807, 2.05) is 41.0 Å². The first-order valence-electron chi connectivity index (χ1n) is 8.14. The second-order valence-corrected chi connectivity index (χ2v) is 6.32. The number of nitrogens with one attached hydrogen (secondary N) is 1. The van der Waals surface area contributed by atoms with Crippen LogP contribution in [0.25, 0.3) is 0 Å². The van der Waals surface area contributed by atoms with Crippen molar-refractivity contribution in [2.24, 2.45) is 0 Å². The van der Waals surface area contributed by atoms with E-state index in [-0.39, 0.29) is 5.91 Å². The highest BCUT2D eigenvalue weighted by molar-refractivity contribution is 5.84. The third-order valence-electron chi connectivity index (χ3n) is 4.79. The molecule has 1 aromatic carbocycles. The van der Waals surface area contributed by atoms with E-state index >= 15 is 0 Å². The van der Waals surface area contributed by atoms with Crippen LogP contribution in [0.2, 0.25) is 0 Å². The lowest BCUT2D eigenvalue weighted by Crippen LogP contribution is -2.54. The number of nitrogens with zero attached hydrogens (tertiary/aromatic N) is 3. The summed E-state index contributed by atoms with van der Waals surface area (Å²) in [6.45, 7) is 4.39. The summed E-state index contributed by atoms with van der Waals surface area (Å²) in [5, 5.41) is 7.72. The minimum atomic E-state index is -0.563. The van der Waals surface area contributed by atoms with E-state index in [0.29, 0.717) is 6.54 Å². The molecule has 122 valence electrons. The lowest BCUT2D eigenvalue weighted by atomic mass is 9.86. The van der Waals surface area contributed by atoms with E-state index in [9.17, 15) is 4.79 Å². The Kier molecular flexibility index (Phi) is 4.48. The molecule has 0 bridgehead atoms. The maximum Gasteiger partial charge on any atom is 0.250 e. The van der Waals surface area contributed by atoms with Crippen molar-refractivity contribution in [3.05, 3.63) is 53.9 Å². The van der Waals surface area contributed by atoms with E-state index in [1.54, 1.807) is 6.20 Å². The van der Waals surface area contributed by atoms with Crippen molar-refractivity contribution in [3.63, 3.8) is 0 Å². The topological polar surface area (TPSA) is 50.2 Å². The summed E-state index contributed by atoms with van der Waals surface area (Å²) in [5.41, 5.74) is 1.84. The van der Waals surface area contributed by atoms with Crippen molar-refractivity contribution in [2.75, 3.05) is 20.1 Å². The average Bonchev–Trinajstić information content (AvgIpc) is 3.12. The summed E-state index contributed by atoms with van der Waals surface area (Å²) in [5.74, 6) is 0.144. The molecule has 5 heteroatoms. The van der Waals surface area contributed by atoms with Gasteiger partial charge in [-0.15, -0.1) is 0 Å². The lowest BCUT2D eigenvalue weighted by molar-refractivity contribution is -0.142. The Labute approximate surface area is 137 Å². The number of amides is 1. The average molecular weight is 312 g/mol. The number of carbonyl (C=O) groups is 1. The van der Waals surface area contributed by atoms with Crippen LogP contribution < -0.4 is 5.32 Å². The van der Waals surface area contributed by atoms with Gasteiger partial charge in [0.15, 0.2) is 0 Å². The molecule has 0 aliphatic carbocycles. The van der Waals surface area contributed by atoms with Gasteiger partial charge in [0, 0.05) is 26.0 Å². The molecule has 0 spiro atoms. The Hall–Kier alpha value is -2.14. The van der Waals surface area contributed by atoms with E-state index in [1.165, 1.54) is 11.1 Å². The summed E-state index contributed by atoms with van der Waals surface area (Å²) in [4.78, 5) is 15.1. The number of piperidine rings is 1. The second-order valence-electron chi connectivity index (χ2n) is 6.32. The highest BCUT2D eigenvalue weighted by Crippen LogP contribution is 2.29. The standard InChI is InChI=1S/C18H24N4O/c1-15-6-3-4-7-16(15)14-21(2)17(23)18(8-11-19-12-9-18)22-13-5-10-20-22/h3-7,10,13,19H,8-9,11-12,14H2,1-2H3. The molecule has 23 heavy (non-hydrogen) atoms. The third kappa shape index (κ3) is 3.01. The molecule has 0 saturated carbocycles. The fourth-order valence-electron chi connectivity index (χ4n) is 3.37. The molecule has 1 aliphatic rings. The first-order chi connectivity index (χ1) is 11.1. The van der Waals surface area contributed by atoms with Gasteiger partial charge in [-0.3, -0.25) is 9.48 Å². The molecular weight excluding hydrogens is 288 g/mol. The van der Waals surface area contributed by atoms with Crippen molar-refractivity contribution in [1.82, 2.24) is 20.0 Å². The van der Waals surface area contributed by atoms with E-state index in [2.05, 4.69) is 29.5 Å². The van der Waals surface area contributed by atoms with E-state index in [4.69, 9.17) is 0 Å². The first-order valence-corrected chi connectivity index (χ1v) is 8.14. The van der Waals surface area contributed by atoms with Crippen molar-refractivity contribution in [2.45, 2.75) is 31.8 Å². The summed E-state index contributed by atoms with van der Waals surface area (Å²) >= 11 is 0. The molecule has 3 rings (SSSR count). The van der Waals surface area contributed by atoms with Crippen LogP contribution in [-0.2, 0) is 16.9 Å². The molecule has 2 aromatic rings. The molecule has 0 atom stereocenters. The normalized spacial score (nSPS) is 17.0. The molecule has 1 aliphatic heterocycles. The third-order valence-corrected chi connectivity index (χ3v) is 4.79. The smallest absolute Gasteiger partial charge is 0.250 e. The number of carbonyl (C=O) groups excluding carboxylic acids is 1. The fourth-order valence-corrected chi connectivity index (χ4v) is 3.37. The second kappa shape index (κ2) is 6.54. The van der Waals surface area contributed by atoms with Gasteiger partial charge in [0.05, 0.1) is 0 Å². The van der Waals surface area contributed by atoms with Gasteiger partial charge in [-0.2, -0.15) is 5.10 Å². The van der Waals surface area contributed by atoms with Crippen LogP contribution in [-0.4, -0.2) is 40.7 Å². The number of aryl methyl sites for hydroxylation is 1. The van der Waals surface area contributed by atoms with Crippen LogP contribution in [0.4, 0.5) is 0 Å². The van der Waals surface area contributed by atoms with Crippen LogP contribution in [0.1, 0.15) is 24.0 Å². The molecule has 1 amide bonds. The Bertz CT molecular complexity index is 659. The molecule has 1 fully saturated rings. The zero-order valence-corrected chi connectivity index (χ0v) is 13.8. The van der Waals surface area contributed by atoms with Crippen LogP contribution in [0.5, 0.6) is 0 Å². The van der Waals surface area contributed by atoms with Crippen molar-refractivity contribution in [1.29, 1.82) is 0 Å². The highest BCUT2D eigenvalue weighted by Gasteiger charge is 2.43. The molecule has 0 radical (unpaired) electrons. The largest absolute Gasteiger partial charge is 0.339 e. The van der Waals surface area contributed by atoms with Crippen molar-refractivity contribution in [3.8, 4) is 0 Å². The van der Waals surface area contributed by atoms with Crippen molar-refractivity contribution < 1.29 is 4.79 Å². The zero-order chi connectivity index (χ0) is 16.3. The number of likely N-dealkylation sites (N-methyl/N-ethyl adjacent to an activating group) is 1. The quantitative estimate of drug-likeness (QED) is 0.938. The van der Waals surface area contributed by atoms with Crippen LogP contribution >= 0.6 is 0 Å². The summed E-state index contributed by atoms with van der Waals surface area (Å²) < 4.78 is 1.85. The SMILES string of the molecule is Cc1ccccc1CN(C)C(=O)C1(n2cccn2)CCNCC1. The minimum Gasteiger partial charge on any atom is -0.339 e. The fraction of sp³-hybridized carbons (Fsp3) is 0.444. The van der Waals surface area contributed by atoms with Crippen LogP contribution in [0, 0.1) is 6.92 Å². The Morgan fingerprint density at radius 2 is 2.04 bits per heavy atom. The molecule has 5 nitrogen and oxygen atoms in total. The van der Waals surface area contributed by atoms with Gasteiger partial charge in [-0.1, -0.05) is 24.3 Å². The highest BCUT2D eigenvalue weighted by atomic mass is 16.2. The number of benzene rings is 1. The first kappa shape index (κ1) is 15.7. The Morgan fingerprint density at radius 1 is 1.30 bits per heavy atom. The van der Waals surface area contributed by atoms with Gasteiger partial charge >= 0.3 is 0 Å². The van der Waals surface area contributed by atoms with Gasteiger partial charge in [0.25, 0.3) is 5.91 Å².